The summed E-state index contributed by atoms with van der Waals surface area (Å²) in [4.78, 5) is 10.6. The number of halogens is 4. The molecule has 0 saturated heterocycles. The molecule has 2 rings (SSSR count). The molecule has 0 aromatic heterocycles. The van der Waals surface area contributed by atoms with Gasteiger partial charge in [0, 0.05) is 6.07 Å². The Morgan fingerprint density at radius 1 is 1.05 bits per heavy atom. The minimum atomic E-state index is -1.47. The summed E-state index contributed by atoms with van der Waals surface area (Å²) in [5.41, 5.74) is -0.551. The number of ether oxygens (including phenoxy) is 1. The van der Waals surface area contributed by atoms with E-state index in [-0.39, 0.29) is 10.8 Å². The standard InChI is InChI=1S/C13H6ClF3O3/c14-8-5-7(1-2-9(8)15)20-12-10(16)3-6(13(18)19)4-11(12)17/h1-5H,(H,18,19). The summed E-state index contributed by atoms with van der Waals surface area (Å²) in [5.74, 6) is -5.44. The number of hydrogen-bond acceptors (Lipinski definition) is 2. The first-order valence-electron chi connectivity index (χ1n) is 5.23. The van der Waals surface area contributed by atoms with E-state index in [2.05, 4.69) is 0 Å². The highest BCUT2D eigenvalue weighted by atomic mass is 35.5. The molecule has 2 aromatic rings. The Bertz CT molecular complexity index is 666. The molecule has 0 aliphatic heterocycles. The van der Waals surface area contributed by atoms with E-state index in [0.29, 0.717) is 12.1 Å². The van der Waals surface area contributed by atoms with Crippen molar-refractivity contribution >= 4 is 17.6 Å². The molecular formula is C13H6ClF3O3. The van der Waals surface area contributed by atoms with Crippen LogP contribution in [-0.4, -0.2) is 11.1 Å². The lowest BCUT2D eigenvalue weighted by Gasteiger charge is -2.09. The molecule has 20 heavy (non-hydrogen) atoms. The number of carboxylic acids is 1. The average Bonchev–Trinajstić information content (AvgIpc) is 2.37. The topological polar surface area (TPSA) is 46.5 Å². The Balaban J connectivity index is 2.38. The lowest BCUT2D eigenvalue weighted by Crippen LogP contribution is -2.01. The zero-order valence-electron chi connectivity index (χ0n) is 9.66. The number of carbonyl (C=O) groups is 1. The van der Waals surface area contributed by atoms with Gasteiger partial charge in [0.2, 0.25) is 0 Å². The molecule has 0 heterocycles. The average molecular weight is 303 g/mol. The fraction of sp³-hybridized carbons (Fsp3) is 0. The first-order valence-corrected chi connectivity index (χ1v) is 5.61. The van der Waals surface area contributed by atoms with E-state index in [1.54, 1.807) is 0 Å². The monoisotopic (exact) mass is 302 g/mol. The quantitative estimate of drug-likeness (QED) is 0.922. The van der Waals surface area contributed by atoms with Gasteiger partial charge in [-0.25, -0.2) is 18.0 Å². The molecule has 2 aromatic carbocycles. The van der Waals surface area contributed by atoms with Crippen molar-refractivity contribution in [3.05, 3.63) is 58.4 Å². The van der Waals surface area contributed by atoms with E-state index in [9.17, 15) is 18.0 Å². The minimum Gasteiger partial charge on any atom is -0.478 e. The molecule has 0 atom stereocenters. The van der Waals surface area contributed by atoms with Crippen molar-refractivity contribution in [2.75, 3.05) is 0 Å². The van der Waals surface area contributed by atoms with Gasteiger partial charge in [-0.3, -0.25) is 0 Å². The molecule has 0 spiro atoms. The zero-order valence-corrected chi connectivity index (χ0v) is 10.4. The van der Waals surface area contributed by atoms with Gasteiger partial charge < -0.3 is 9.84 Å². The van der Waals surface area contributed by atoms with Crippen molar-refractivity contribution < 1.29 is 27.8 Å². The third-order valence-electron chi connectivity index (χ3n) is 2.36. The van der Waals surface area contributed by atoms with Gasteiger partial charge in [-0.15, -0.1) is 0 Å². The summed E-state index contributed by atoms with van der Waals surface area (Å²) in [5, 5.41) is 8.38. The molecule has 0 saturated carbocycles. The number of benzene rings is 2. The summed E-state index contributed by atoms with van der Waals surface area (Å²) >= 11 is 5.51. The molecule has 1 N–H and O–H groups in total. The normalized spacial score (nSPS) is 10.4. The van der Waals surface area contributed by atoms with Crippen molar-refractivity contribution in [1.29, 1.82) is 0 Å². The molecule has 0 aliphatic carbocycles. The van der Waals surface area contributed by atoms with Crippen molar-refractivity contribution in [3.8, 4) is 11.5 Å². The predicted molar refractivity (Wildman–Crippen MR) is 64.8 cm³/mol. The van der Waals surface area contributed by atoms with Crippen LogP contribution < -0.4 is 4.74 Å². The molecule has 0 fully saturated rings. The lowest BCUT2D eigenvalue weighted by atomic mass is 10.2. The van der Waals surface area contributed by atoms with E-state index in [1.807, 2.05) is 0 Å². The van der Waals surface area contributed by atoms with Crippen LogP contribution in [0.1, 0.15) is 10.4 Å². The van der Waals surface area contributed by atoms with Crippen molar-refractivity contribution in [3.63, 3.8) is 0 Å². The van der Waals surface area contributed by atoms with Crippen LogP contribution in [0.5, 0.6) is 11.5 Å². The Labute approximate surface area is 116 Å². The summed E-state index contributed by atoms with van der Waals surface area (Å²) in [6.45, 7) is 0. The van der Waals surface area contributed by atoms with Crippen LogP contribution in [0.15, 0.2) is 30.3 Å². The maximum atomic E-state index is 13.6. The predicted octanol–water partition coefficient (Wildman–Crippen LogP) is 4.25. The molecule has 0 radical (unpaired) electrons. The fourth-order valence-corrected chi connectivity index (χ4v) is 1.61. The molecule has 0 bridgehead atoms. The third-order valence-corrected chi connectivity index (χ3v) is 2.65. The van der Waals surface area contributed by atoms with Gasteiger partial charge in [-0.2, -0.15) is 0 Å². The van der Waals surface area contributed by atoms with Gasteiger partial charge in [0.05, 0.1) is 10.6 Å². The first kappa shape index (κ1) is 14.2. The Morgan fingerprint density at radius 2 is 1.65 bits per heavy atom. The Hall–Kier alpha value is -2.21. The Kier molecular flexibility index (Phi) is 3.85. The highest BCUT2D eigenvalue weighted by Gasteiger charge is 2.17. The summed E-state index contributed by atoms with van der Waals surface area (Å²) in [7, 11) is 0. The molecule has 104 valence electrons. The molecule has 0 amide bonds. The lowest BCUT2D eigenvalue weighted by molar-refractivity contribution is 0.0695. The SMILES string of the molecule is O=C(O)c1cc(F)c(Oc2ccc(F)c(Cl)c2)c(F)c1. The molecule has 7 heteroatoms. The highest BCUT2D eigenvalue weighted by molar-refractivity contribution is 6.30. The van der Waals surface area contributed by atoms with Crippen LogP contribution in [0.2, 0.25) is 5.02 Å². The van der Waals surface area contributed by atoms with Crippen LogP contribution in [-0.2, 0) is 0 Å². The zero-order chi connectivity index (χ0) is 14.9. The van der Waals surface area contributed by atoms with Crippen molar-refractivity contribution in [1.82, 2.24) is 0 Å². The van der Waals surface area contributed by atoms with Crippen LogP contribution in [0.3, 0.4) is 0 Å². The van der Waals surface area contributed by atoms with Gasteiger partial charge >= 0.3 is 5.97 Å². The number of aromatic carboxylic acids is 1. The molecule has 3 nitrogen and oxygen atoms in total. The Morgan fingerprint density at radius 3 is 2.15 bits per heavy atom. The third kappa shape index (κ3) is 2.85. The smallest absolute Gasteiger partial charge is 0.335 e. The summed E-state index contributed by atoms with van der Waals surface area (Å²) in [6.07, 6.45) is 0. The van der Waals surface area contributed by atoms with E-state index in [0.717, 1.165) is 18.2 Å². The highest BCUT2D eigenvalue weighted by Crippen LogP contribution is 2.30. The van der Waals surface area contributed by atoms with E-state index in [1.165, 1.54) is 0 Å². The van der Waals surface area contributed by atoms with Gasteiger partial charge in [0.15, 0.2) is 17.4 Å². The second kappa shape index (κ2) is 5.42. The number of carboxylic acid groups (broad SMARTS) is 1. The summed E-state index contributed by atoms with van der Waals surface area (Å²) in [6, 6.07) is 4.38. The second-order valence-electron chi connectivity index (χ2n) is 3.75. The van der Waals surface area contributed by atoms with Crippen LogP contribution in [0, 0.1) is 17.5 Å². The van der Waals surface area contributed by atoms with E-state index < -0.39 is 34.7 Å². The van der Waals surface area contributed by atoms with Gasteiger partial charge in [-0.05, 0) is 24.3 Å². The fourth-order valence-electron chi connectivity index (χ4n) is 1.44. The number of hydrogen-bond donors (Lipinski definition) is 1. The van der Waals surface area contributed by atoms with Crippen LogP contribution in [0.25, 0.3) is 0 Å². The van der Waals surface area contributed by atoms with Crippen LogP contribution in [0.4, 0.5) is 13.2 Å². The minimum absolute atomic E-state index is 0.0859. The number of rotatable bonds is 3. The maximum Gasteiger partial charge on any atom is 0.335 e. The second-order valence-corrected chi connectivity index (χ2v) is 4.16. The van der Waals surface area contributed by atoms with Gasteiger partial charge in [-0.1, -0.05) is 11.6 Å². The largest absolute Gasteiger partial charge is 0.478 e. The van der Waals surface area contributed by atoms with Crippen molar-refractivity contribution in [2.45, 2.75) is 0 Å². The summed E-state index contributed by atoms with van der Waals surface area (Å²) < 4.78 is 45.1. The van der Waals surface area contributed by atoms with Gasteiger partial charge in [0.25, 0.3) is 0 Å². The van der Waals surface area contributed by atoms with Crippen LogP contribution >= 0.6 is 11.6 Å². The first-order chi connectivity index (χ1) is 9.38. The molecular weight excluding hydrogens is 297 g/mol. The molecule has 0 unspecified atom stereocenters. The van der Waals surface area contributed by atoms with Crippen molar-refractivity contribution in [2.24, 2.45) is 0 Å². The maximum absolute atomic E-state index is 13.6. The van der Waals surface area contributed by atoms with E-state index in [4.69, 9.17) is 21.4 Å². The molecule has 0 aliphatic rings. The van der Waals surface area contributed by atoms with Gasteiger partial charge in [0.1, 0.15) is 11.6 Å². The van der Waals surface area contributed by atoms with E-state index >= 15 is 0 Å².